The lowest BCUT2D eigenvalue weighted by Crippen LogP contribution is -2.39. The van der Waals surface area contributed by atoms with E-state index in [0.717, 1.165) is 40.9 Å². The lowest BCUT2D eigenvalue weighted by molar-refractivity contribution is -0.136. The Hall–Kier alpha value is -3.52. The second kappa shape index (κ2) is 9.09. The summed E-state index contributed by atoms with van der Waals surface area (Å²) in [5, 5.41) is 16.5. The second-order valence-corrected chi connectivity index (χ2v) is 7.52. The number of hydrazine groups is 1. The predicted molar refractivity (Wildman–Crippen MR) is 117 cm³/mol. The average molecular weight is 419 g/mol. The molecule has 1 unspecified atom stereocenters. The van der Waals surface area contributed by atoms with Crippen LogP contribution < -0.4 is 5.43 Å². The van der Waals surface area contributed by atoms with Crippen LogP contribution in [-0.4, -0.2) is 51.3 Å². The summed E-state index contributed by atoms with van der Waals surface area (Å²) in [7, 11) is 1.43. The van der Waals surface area contributed by atoms with Gasteiger partial charge in [0.1, 0.15) is 0 Å². The molecule has 2 aromatic carbocycles. The standard InChI is InChI=1S/C23H26N6O2/c1-4-13-29-15(2)21(23(30)31-3)20(26-29)14-16-9-11-17(12-10-16)18-7-5-6-8-19(18)22-24-27-28-25-22/h5-12,15,26H,4,13-14H2,1-3H3,(H,24,25,27,28). The van der Waals surface area contributed by atoms with Gasteiger partial charge in [-0.25, -0.2) is 9.80 Å². The molecule has 0 bridgehead atoms. The van der Waals surface area contributed by atoms with E-state index in [1.54, 1.807) is 0 Å². The van der Waals surface area contributed by atoms with Crippen LogP contribution in [0.1, 0.15) is 25.8 Å². The number of ether oxygens (including phenoxy) is 1. The van der Waals surface area contributed by atoms with E-state index in [1.807, 2.05) is 31.2 Å². The Kier molecular flexibility index (Phi) is 6.08. The van der Waals surface area contributed by atoms with Crippen LogP contribution in [-0.2, 0) is 16.0 Å². The van der Waals surface area contributed by atoms with E-state index in [9.17, 15) is 4.79 Å². The normalized spacial score (nSPS) is 16.4. The summed E-state index contributed by atoms with van der Waals surface area (Å²) in [5.41, 5.74) is 9.13. The number of H-pyrrole nitrogens is 1. The molecule has 8 nitrogen and oxygen atoms in total. The molecule has 0 saturated heterocycles. The molecule has 0 saturated carbocycles. The van der Waals surface area contributed by atoms with Gasteiger partial charge in [-0.05, 0) is 35.2 Å². The van der Waals surface area contributed by atoms with Gasteiger partial charge in [0.2, 0.25) is 5.82 Å². The number of hydrogen-bond acceptors (Lipinski definition) is 7. The molecule has 0 spiro atoms. The van der Waals surface area contributed by atoms with Crippen LogP contribution >= 0.6 is 0 Å². The van der Waals surface area contributed by atoms with E-state index in [0.29, 0.717) is 17.8 Å². The number of nitrogens with one attached hydrogen (secondary N) is 2. The van der Waals surface area contributed by atoms with Crippen LogP contribution in [0.15, 0.2) is 59.8 Å². The van der Waals surface area contributed by atoms with E-state index in [2.05, 4.69) is 62.2 Å². The first kappa shape index (κ1) is 20.7. The number of rotatable bonds is 7. The molecule has 4 rings (SSSR count). The molecule has 3 aromatic rings. The van der Waals surface area contributed by atoms with Crippen LogP contribution in [0.5, 0.6) is 0 Å². The van der Waals surface area contributed by atoms with Gasteiger partial charge in [0.15, 0.2) is 0 Å². The van der Waals surface area contributed by atoms with Crippen LogP contribution in [0, 0.1) is 0 Å². The van der Waals surface area contributed by atoms with Gasteiger partial charge in [-0.1, -0.05) is 55.5 Å². The van der Waals surface area contributed by atoms with Crippen molar-refractivity contribution in [3.05, 3.63) is 65.4 Å². The van der Waals surface area contributed by atoms with Gasteiger partial charge in [-0.2, -0.15) is 5.21 Å². The number of nitrogens with zero attached hydrogens (tertiary/aromatic N) is 4. The maximum atomic E-state index is 12.4. The number of tetrazole rings is 1. The minimum absolute atomic E-state index is 0.0245. The quantitative estimate of drug-likeness (QED) is 0.569. The highest BCUT2D eigenvalue weighted by molar-refractivity contribution is 5.91. The maximum Gasteiger partial charge on any atom is 0.337 e. The van der Waals surface area contributed by atoms with E-state index in [4.69, 9.17) is 4.74 Å². The number of methoxy groups -OCH3 is 1. The molecule has 31 heavy (non-hydrogen) atoms. The third kappa shape index (κ3) is 4.20. The summed E-state index contributed by atoms with van der Waals surface area (Å²) < 4.78 is 5.04. The summed E-state index contributed by atoms with van der Waals surface area (Å²) >= 11 is 0. The van der Waals surface area contributed by atoms with Crippen LogP contribution in [0.2, 0.25) is 0 Å². The highest BCUT2D eigenvalue weighted by Gasteiger charge is 2.33. The highest BCUT2D eigenvalue weighted by atomic mass is 16.5. The molecular weight excluding hydrogens is 392 g/mol. The zero-order chi connectivity index (χ0) is 21.8. The van der Waals surface area contributed by atoms with Gasteiger partial charge >= 0.3 is 5.97 Å². The lowest BCUT2D eigenvalue weighted by atomic mass is 9.97. The van der Waals surface area contributed by atoms with Gasteiger partial charge in [-0.15, -0.1) is 10.2 Å². The molecule has 0 radical (unpaired) electrons. The van der Waals surface area contributed by atoms with Crippen molar-refractivity contribution in [2.75, 3.05) is 13.7 Å². The van der Waals surface area contributed by atoms with Crippen LogP contribution in [0.3, 0.4) is 0 Å². The van der Waals surface area contributed by atoms with Crippen LogP contribution in [0.4, 0.5) is 0 Å². The zero-order valence-corrected chi connectivity index (χ0v) is 17.9. The molecule has 1 aromatic heterocycles. The Morgan fingerprint density at radius 1 is 1.13 bits per heavy atom. The molecule has 2 N–H and O–H groups in total. The average Bonchev–Trinajstić information content (AvgIpc) is 3.43. The monoisotopic (exact) mass is 418 g/mol. The van der Waals surface area contributed by atoms with Crippen molar-refractivity contribution >= 4 is 5.97 Å². The molecule has 8 heteroatoms. The highest BCUT2D eigenvalue weighted by Crippen LogP contribution is 2.30. The Bertz CT molecular complexity index is 1080. The number of allylic oxidation sites excluding steroid dienone is 1. The number of esters is 1. The minimum atomic E-state index is -0.278. The van der Waals surface area contributed by atoms with Crippen molar-refractivity contribution < 1.29 is 9.53 Å². The van der Waals surface area contributed by atoms with E-state index in [-0.39, 0.29) is 12.0 Å². The smallest absolute Gasteiger partial charge is 0.337 e. The van der Waals surface area contributed by atoms with Gasteiger partial charge in [0.25, 0.3) is 0 Å². The molecule has 160 valence electrons. The molecule has 0 fully saturated rings. The van der Waals surface area contributed by atoms with Crippen molar-refractivity contribution in [2.24, 2.45) is 0 Å². The molecular formula is C23H26N6O2. The Labute approximate surface area is 181 Å². The Morgan fingerprint density at radius 2 is 1.87 bits per heavy atom. The topological polar surface area (TPSA) is 96.0 Å². The van der Waals surface area contributed by atoms with Crippen LogP contribution in [0.25, 0.3) is 22.5 Å². The number of aromatic nitrogens is 4. The molecule has 0 amide bonds. The van der Waals surface area contributed by atoms with Crippen molar-refractivity contribution in [1.82, 2.24) is 31.1 Å². The van der Waals surface area contributed by atoms with Crippen molar-refractivity contribution in [3.8, 4) is 22.5 Å². The number of carbonyl (C=O) groups is 1. The number of benzene rings is 2. The third-order valence-electron chi connectivity index (χ3n) is 5.52. The molecule has 1 aliphatic rings. The first-order chi connectivity index (χ1) is 15.1. The number of aromatic amines is 1. The van der Waals surface area contributed by atoms with Gasteiger partial charge in [-0.3, -0.25) is 0 Å². The largest absolute Gasteiger partial charge is 0.466 e. The molecule has 2 heterocycles. The zero-order valence-electron chi connectivity index (χ0n) is 17.9. The minimum Gasteiger partial charge on any atom is -0.466 e. The van der Waals surface area contributed by atoms with Gasteiger partial charge in [0.05, 0.1) is 18.7 Å². The van der Waals surface area contributed by atoms with Gasteiger partial charge < -0.3 is 10.2 Å². The molecule has 1 atom stereocenters. The summed E-state index contributed by atoms with van der Waals surface area (Å²) in [6, 6.07) is 16.3. The number of carbonyl (C=O) groups excluding carboxylic acids is 1. The summed E-state index contributed by atoms with van der Waals surface area (Å²) in [4.78, 5) is 12.4. The summed E-state index contributed by atoms with van der Waals surface area (Å²) in [5.74, 6) is 0.284. The molecule has 1 aliphatic heterocycles. The fourth-order valence-corrected chi connectivity index (χ4v) is 3.98. The summed E-state index contributed by atoms with van der Waals surface area (Å²) in [6.07, 6.45) is 1.62. The first-order valence-corrected chi connectivity index (χ1v) is 10.4. The van der Waals surface area contributed by atoms with E-state index >= 15 is 0 Å². The number of hydrogen-bond donors (Lipinski definition) is 2. The second-order valence-electron chi connectivity index (χ2n) is 7.52. The Balaban J connectivity index is 1.59. The van der Waals surface area contributed by atoms with Crippen molar-refractivity contribution in [1.29, 1.82) is 0 Å². The first-order valence-electron chi connectivity index (χ1n) is 10.4. The predicted octanol–water partition coefficient (Wildman–Crippen LogP) is 3.12. The van der Waals surface area contributed by atoms with E-state index < -0.39 is 0 Å². The Morgan fingerprint density at radius 3 is 2.52 bits per heavy atom. The summed E-state index contributed by atoms with van der Waals surface area (Å²) in [6.45, 7) is 5.01. The third-order valence-corrected chi connectivity index (χ3v) is 5.52. The van der Waals surface area contributed by atoms with Crippen molar-refractivity contribution in [2.45, 2.75) is 32.7 Å². The fourth-order valence-electron chi connectivity index (χ4n) is 3.98. The fraction of sp³-hybridized carbons (Fsp3) is 0.304. The molecule has 0 aliphatic carbocycles. The van der Waals surface area contributed by atoms with Crippen molar-refractivity contribution in [3.63, 3.8) is 0 Å². The van der Waals surface area contributed by atoms with Gasteiger partial charge in [0, 0.05) is 24.2 Å². The lowest BCUT2D eigenvalue weighted by Gasteiger charge is -2.22. The SMILES string of the molecule is CCCN1NC(Cc2ccc(-c3ccccc3-c3nn[nH]n3)cc2)=C(C(=O)OC)C1C. The maximum absolute atomic E-state index is 12.4. The van der Waals surface area contributed by atoms with E-state index in [1.165, 1.54) is 7.11 Å².